The van der Waals surface area contributed by atoms with Gasteiger partial charge in [0.25, 0.3) is 0 Å². The first-order chi connectivity index (χ1) is 7.65. The zero-order valence-electron chi connectivity index (χ0n) is 9.44. The molecule has 0 saturated carbocycles. The van der Waals surface area contributed by atoms with Crippen LogP contribution in [0.4, 0.5) is 0 Å². The van der Waals surface area contributed by atoms with Crippen LogP contribution in [0, 0.1) is 0 Å². The Bertz CT molecular complexity index is 353. The second kappa shape index (κ2) is 6.12. The Morgan fingerprint density at radius 1 is 1.50 bits per heavy atom. The highest BCUT2D eigenvalue weighted by atomic mass is 16.3. The Morgan fingerprint density at radius 2 is 2.19 bits per heavy atom. The van der Waals surface area contributed by atoms with Crippen LogP contribution in [0.25, 0.3) is 0 Å². The van der Waals surface area contributed by atoms with Gasteiger partial charge in [-0.25, -0.2) is 0 Å². The van der Waals surface area contributed by atoms with Crippen LogP contribution in [0.15, 0.2) is 24.3 Å². The number of carbonyl (C=O) groups is 1. The van der Waals surface area contributed by atoms with Crippen molar-refractivity contribution in [3.63, 3.8) is 0 Å². The Morgan fingerprint density at radius 3 is 2.81 bits per heavy atom. The molecule has 1 aromatic carbocycles. The van der Waals surface area contributed by atoms with Gasteiger partial charge >= 0.3 is 0 Å². The van der Waals surface area contributed by atoms with E-state index in [4.69, 9.17) is 5.73 Å². The van der Waals surface area contributed by atoms with Crippen molar-refractivity contribution < 1.29 is 9.90 Å². The van der Waals surface area contributed by atoms with E-state index < -0.39 is 6.04 Å². The molecule has 0 fully saturated rings. The third-order valence-electron chi connectivity index (χ3n) is 2.54. The summed E-state index contributed by atoms with van der Waals surface area (Å²) in [5.41, 5.74) is 6.55. The van der Waals surface area contributed by atoms with Crippen LogP contribution in [-0.4, -0.2) is 24.1 Å². The lowest BCUT2D eigenvalue weighted by molar-refractivity contribution is -0.122. The molecule has 1 rings (SSSR count). The van der Waals surface area contributed by atoms with Gasteiger partial charge in [-0.3, -0.25) is 4.79 Å². The van der Waals surface area contributed by atoms with Gasteiger partial charge in [-0.05, 0) is 30.9 Å². The van der Waals surface area contributed by atoms with Crippen LogP contribution in [0.3, 0.4) is 0 Å². The van der Waals surface area contributed by atoms with Gasteiger partial charge < -0.3 is 16.2 Å². The molecule has 0 bridgehead atoms. The van der Waals surface area contributed by atoms with E-state index in [9.17, 15) is 9.90 Å². The molecule has 1 amide bonds. The topological polar surface area (TPSA) is 75.4 Å². The van der Waals surface area contributed by atoms with Gasteiger partial charge in [0.15, 0.2) is 0 Å². The number of hydrogen-bond donors (Lipinski definition) is 3. The predicted octanol–water partition coefficient (Wildman–Crippen LogP) is 0.788. The Balaban J connectivity index is 2.36. The SMILES string of the molecule is CNC(=O)[C@@H](N)CCCc1ccccc1O. The Kier molecular flexibility index (Phi) is 4.79. The number of aromatic hydroxyl groups is 1. The standard InChI is InChI=1S/C12H18N2O2/c1-14-12(16)10(13)7-4-6-9-5-2-3-8-11(9)15/h2-3,5,8,10,15H,4,6-7,13H2,1H3,(H,14,16)/t10-/m0/s1. The number of rotatable bonds is 5. The summed E-state index contributed by atoms with van der Waals surface area (Å²) in [6.45, 7) is 0. The summed E-state index contributed by atoms with van der Waals surface area (Å²) in [7, 11) is 1.57. The number of carbonyl (C=O) groups excluding carboxylic acids is 1. The van der Waals surface area contributed by atoms with E-state index in [1.54, 1.807) is 19.2 Å². The minimum atomic E-state index is -0.462. The maximum absolute atomic E-state index is 11.1. The van der Waals surface area contributed by atoms with Crippen LogP contribution < -0.4 is 11.1 Å². The molecule has 0 aliphatic carbocycles. The van der Waals surface area contributed by atoms with E-state index in [0.717, 1.165) is 18.4 Å². The number of benzene rings is 1. The summed E-state index contributed by atoms with van der Waals surface area (Å²) in [6.07, 6.45) is 2.14. The Labute approximate surface area is 95.5 Å². The molecule has 4 nitrogen and oxygen atoms in total. The highest BCUT2D eigenvalue weighted by Gasteiger charge is 2.10. The molecule has 0 spiro atoms. The molecule has 0 heterocycles. The maximum atomic E-state index is 11.1. The summed E-state index contributed by atoms with van der Waals surface area (Å²) < 4.78 is 0. The van der Waals surface area contributed by atoms with Crippen molar-refractivity contribution in [3.8, 4) is 5.75 Å². The lowest BCUT2D eigenvalue weighted by atomic mass is 10.0. The number of nitrogens with two attached hydrogens (primary N) is 1. The van der Waals surface area contributed by atoms with Crippen molar-refractivity contribution >= 4 is 5.91 Å². The van der Waals surface area contributed by atoms with Crippen LogP contribution in [0.5, 0.6) is 5.75 Å². The summed E-state index contributed by atoms with van der Waals surface area (Å²) in [4.78, 5) is 11.1. The number of phenolic OH excluding ortho intramolecular Hbond substituents is 1. The quantitative estimate of drug-likeness (QED) is 0.689. The fourth-order valence-electron chi connectivity index (χ4n) is 1.55. The van der Waals surface area contributed by atoms with Gasteiger partial charge in [-0.15, -0.1) is 0 Å². The molecular formula is C12H18N2O2. The first-order valence-electron chi connectivity index (χ1n) is 5.39. The van der Waals surface area contributed by atoms with Crippen LogP contribution in [0.1, 0.15) is 18.4 Å². The van der Waals surface area contributed by atoms with Gasteiger partial charge in [0.1, 0.15) is 5.75 Å². The van der Waals surface area contributed by atoms with Crippen LogP contribution in [0.2, 0.25) is 0 Å². The number of hydrogen-bond acceptors (Lipinski definition) is 3. The number of nitrogens with one attached hydrogen (secondary N) is 1. The van der Waals surface area contributed by atoms with E-state index in [-0.39, 0.29) is 5.91 Å². The summed E-state index contributed by atoms with van der Waals surface area (Å²) in [6, 6.07) is 6.74. The highest BCUT2D eigenvalue weighted by molar-refractivity contribution is 5.81. The minimum Gasteiger partial charge on any atom is -0.508 e. The number of amides is 1. The normalized spacial score (nSPS) is 12.1. The lowest BCUT2D eigenvalue weighted by Gasteiger charge is -2.09. The number of aryl methyl sites for hydroxylation is 1. The van der Waals surface area contributed by atoms with Crippen molar-refractivity contribution in [2.24, 2.45) is 5.73 Å². The van der Waals surface area contributed by atoms with E-state index in [1.807, 2.05) is 12.1 Å². The third-order valence-corrected chi connectivity index (χ3v) is 2.54. The fraction of sp³-hybridized carbons (Fsp3) is 0.417. The highest BCUT2D eigenvalue weighted by Crippen LogP contribution is 2.17. The summed E-state index contributed by atoms with van der Waals surface area (Å²) in [5, 5.41) is 12.0. The molecular weight excluding hydrogens is 204 g/mol. The number of phenols is 1. The molecule has 0 aliphatic rings. The molecule has 1 aromatic rings. The van der Waals surface area contributed by atoms with E-state index in [1.165, 1.54) is 0 Å². The molecule has 4 N–H and O–H groups in total. The average molecular weight is 222 g/mol. The zero-order valence-corrected chi connectivity index (χ0v) is 9.44. The van der Waals surface area contributed by atoms with Gasteiger partial charge in [0.05, 0.1) is 6.04 Å². The molecule has 0 aliphatic heterocycles. The molecule has 0 aromatic heterocycles. The van der Waals surface area contributed by atoms with E-state index in [0.29, 0.717) is 12.2 Å². The predicted molar refractivity (Wildman–Crippen MR) is 63.1 cm³/mol. The van der Waals surface area contributed by atoms with Crippen molar-refractivity contribution in [1.82, 2.24) is 5.32 Å². The monoisotopic (exact) mass is 222 g/mol. The molecule has 0 saturated heterocycles. The van der Waals surface area contributed by atoms with E-state index >= 15 is 0 Å². The second-order valence-corrected chi connectivity index (χ2v) is 3.74. The summed E-state index contributed by atoms with van der Waals surface area (Å²) in [5.74, 6) is 0.160. The van der Waals surface area contributed by atoms with Crippen molar-refractivity contribution in [2.75, 3.05) is 7.05 Å². The van der Waals surface area contributed by atoms with Crippen molar-refractivity contribution in [3.05, 3.63) is 29.8 Å². The first-order valence-corrected chi connectivity index (χ1v) is 5.39. The number of likely N-dealkylation sites (N-methyl/N-ethyl adjacent to an activating group) is 1. The molecule has 0 unspecified atom stereocenters. The minimum absolute atomic E-state index is 0.141. The third kappa shape index (κ3) is 3.55. The average Bonchev–Trinajstić information content (AvgIpc) is 2.30. The van der Waals surface area contributed by atoms with Gasteiger partial charge in [-0.2, -0.15) is 0 Å². The van der Waals surface area contributed by atoms with Crippen LogP contribution in [-0.2, 0) is 11.2 Å². The van der Waals surface area contributed by atoms with Gasteiger partial charge in [0, 0.05) is 7.05 Å². The van der Waals surface area contributed by atoms with E-state index in [2.05, 4.69) is 5.32 Å². The molecule has 4 heteroatoms. The number of para-hydroxylation sites is 1. The molecule has 88 valence electrons. The first kappa shape index (κ1) is 12.5. The van der Waals surface area contributed by atoms with Gasteiger partial charge in [-0.1, -0.05) is 18.2 Å². The molecule has 16 heavy (non-hydrogen) atoms. The van der Waals surface area contributed by atoms with Crippen molar-refractivity contribution in [1.29, 1.82) is 0 Å². The second-order valence-electron chi connectivity index (χ2n) is 3.74. The Hall–Kier alpha value is -1.55. The maximum Gasteiger partial charge on any atom is 0.236 e. The zero-order chi connectivity index (χ0) is 12.0. The van der Waals surface area contributed by atoms with Crippen molar-refractivity contribution in [2.45, 2.75) is 25.3 Å². The largest absolute Gasteiger partial charge is 0.508 e. The van der Waals surface area contributed by atoms with Gasteiger partial charge in [0.2, 0.25) is 5.91 Å². The molecule has 0 radical (unpaired) electrons. The molecule has 1 atom stereocenters. The fourth-order valence-corrected chi connectivity index (χ4v) is 1.55. The summed E-state index contributed by atoms with van der Waals surface area (Å²) >= 11 is 0. The lowest BCUT2D eigenvalue weighted by Crippen LogP contribution is -2.38. The smallest absolute Gasteiger partial charge is 0.236 e. The van der Waals surface area contributed by atoms with Crippen LogP contribution >= 0.6 is 0 Å².